The zero-order chi connectivity index (χ0) is 19.8. The van der Waals surface area contributed by atoms with Gasteiger partial charge in [-0.2, -0.15) is 0 Å². The summed E-state index contributed by atoms with van der Waals surface area (Å²) in [5, 5.41) is 2.87. The molecule has 1 aliphatic heterocycles. The molecule has 0 radical (unpaired) electrons. The highest BCUT2D eigenvalue weighted by Crippen LogP contribution is 2.60. The summed E-state index contributed by atoms with van der Waals surface area (Å²) in [5.41, 5.74) is 0.803. The van der Waals surface area contributed by atoms with Crippen molar-refractivity contribution < 1.29 is 14.4 Å². The number of para-hydroxylation sites is 1. The monoisotopic (exact) mass is 510 g/mol. The van der Waals surface area contributed by atoms with E-state index in [1.807, 2.05) is 30.3 Å². The van der Waals surface area contributed by atoms with Gasteiger partial charge in [0.15, 0.2) is 0 Å². The van der Waals surface area contributed by atoms with Gasteiger partial charge in [0.1, 0.15) is 0 Å². The lowest BCUT2D eigenvalue weighted by Gasteiger charge is -2.28. The third-order valence-electron chi connectivity index (χ3n) is 6.42. The molecule has 0 aromatic heterocycles. The number of benzene rings is 1. The van der Waals surface area contributed by atoms with Crippen LogP contribution in [0.5, 0.6) is 0 Å². The maximum Gasteiger partial charge on any atom is 0.233 e. The van der Waals surface area contributed by atoms with Crippen molar-refractivity contribution in [3.63, 3.8) is 0 Å². The first kappa shape index (κ1) is 20.1. The number of rotatable bonds is 7. The second-order valence-corrected chi connectivity index (χ2v) is 10.2. The minimum Gasteiger partial charge on any atom is -0.326 e. The molecular formula is C21H24Br2N2O3. The largest absolute Gasteiger partial charge is 0.326 e. The maximum atomic E-state index is 12.8. The molecule has 0 spiro atoms. The predicted octanol–water partition coefficient (Wildman–Crippen LogP) is 3.96. The normalized spacial score (nSPS) is 33.4. The second kappa shape index (κ2) is 8.27. The second-order valence-electron chi connectivity index (χ2n) is 8.06. The lowest BCUT2D eigenvalue weighted by molar-refractivity contribution is -0.140. The Morgan fingerprint density at radius 2 is 1.57 bits per heavy atom. The summed E-state index contributed by atoms with van der Waals surface area (Å²) in [5.74, 6) is 0.309. The van der Waals surface area contributed by atoms with Crippen molar-refractivity contribution >= 4 is 55.3 Å². The van der Waals surface area contributed by atoms with Crippen molar-refractivity contribution in [2.24, 2.45) is 23.7 Å². The number of nitrogens with one attached hydrogen (secondary N) is 1. The highest BCUT2D eigenvalue weighted by Gasteiger charge is 2.66. The average Bonchev–Trinajstić information content (AvgIpc) is 3.28. The highest BCUT2D eigenvalue weighted by molar-refractivity contribution is 9.12. The van der Waals surface area contributed by atoms with Gasteiger partial charge in [-0.3, -0.25) is 19.3 Å². The molecule has 7 heteroatoms. The van der Waals surface area contributed by atoms with E-state index in [4.69, 9.17) is 0 Å². The molecule has 2 saturated carbocycles. The van der Waals surface area contributed by atoms with Gasteiger partial charge in [0.05, 0.1) is 11.8 Å². The van der Waals surface area contributed by atoms with E-state index in [0.29, 0.717) is 13.0 Å². The third-order valence-corrected chi connectivity index (χ3v) is 9.63. The summed E-state index contributed by atoms with van der Waals surface area (Å²) in [4.78, 5) is 39.7. The van der Waals surface area contributed by atoms with Crippen molar-refractivity contribution in [3.05, 3.63) is 30.3 Å². The topological polar surface area (TPSA) is 66.5 Å². The molecule has 6 atom stereocenters. The molecule has 3 amide bonds. The Hall–Kier alpha value is -1.21. The first-order valence-corrected chi connectivity index (χ1v) is 11.8. The van der Waals surface area contributed by atoms with E-state index in [9.17, 15) is 14.4 Å². The molecule has 1 saturated heterocycles. The average molecular weight is 512 g/mol. The van der Waals surface area contributed by atoms with Crippen LogP contribution >= 0.6 is 31.9 Å². The van der Waals surface area contributed by atoms with Crippen LogP contribution in [-0.2, 0) is 14.4 Å². The Bertz CT molecular complexity index is 740. The number of unbranched alkanes of at least 4 members (excludes halogenated alkanes) is 2. The number of fused-ring (bicyclic) bond motifs is 5. The molecule has 28 heavy (non-hydrogen) atoms. The summed E-state index contributed by atoms with van der Waals surface area (Å²) < 4.78 is 0. The lowest BCUT2D eigenvalue weighted by Crippen LogP contribution is -2.37. The van der Waals surface area contributed by atoms with E-state index < -0.39 is 0 Å². The Labute approximate surface area is 181 Å². The predicted molar refractivity (Wildman–Crippen MR) is 114 cm³/mol. The van der Waals surface area contributed by atoms with Gasteiger partial charge < -0.3 is 5.32 Å². The summed E-state index contributed by atoms with van der Waals surface area (Å²) in [6.07, 6.45) is 3.73. The number of anilines is 1. The van der Waals surface area contributed by atoms with Crippen LogP contribution in [0.1, 0.15) is 32.1 Å². The molecule has 3 fully saturated rings. The minimum atomic E-state index is -0.132. The molecular weight excluding hydrogens is 488 g/mol. The Morgan fingerprint density at radius 3 is 2.18 bits per heavy atom. The summed E-state index contributed by atoms with van der Waals surface area (Å²) in [7, 11) is 0. The Morgan fingerprint density at radius 1 is 0.964 bits per heavy atom. The van der Waals surface area contributed by atoms with Gasteiger partial charge in [0.25, 0.3) is 0 Å². The SMILES string of the molecule is O=C(CCCCCN1C(=O)[C@H]2[C@@H]3C[C@@H]([C@@H](Br)[C@H]3Br)[C@@H]2C1=O)Nc1ccccc1. The van der Waals surface area contributed by atoms with Crippen molar-refractivity contribution in [2.45, 2.75) is 41.8 Å². The summed E-state index contributed by atoms with van der Waals surface area (Å²) >= 11 is 7.42. The zero-order valence-electron chi connectivity index (χ0n) is 15.5. The van der Waals surface area contributed by atoms with Gasteiger partial charge in [0, 0.05) is 28.3 Å². The molecule has 2 aliphatic carbocycles. The fraction of sp³-hybridized carbons (Fsp3) is 0.571. The zero-order valence-corrected chi connectivity index (χ0v) is 18.7. The molecule has 1 N–H and O–H groups in total. The summed E-state index contributed by atoms with van der Waals surface area (Å²) in [6.45, 7) is 0.477. The molecule has 3 aliphatic rings. The van der Waals surface area contributed by atoms with Crippen LogP contribution in [0, 0.1) is 23.7 Å². The van der Waals surface area contributed by atoms with Gasteiger partial charge in [-0.15, -0.1) is 0 Å². The number of hydrogen-bond donors (Lipinski definition) is 1. The molecule has 4 rings (SSSR count). The first-order chi connectivity index (χ1) is 13.5. The molecule has 1 heterocycles. The molecule has 2 bridgehead atoms. The number of carbonyl (C=O) groups is 3. The fourth-order valence-corrected chi connectivity index (χ4v) is 6.98. The standard InChI is InChI=1S/C21H24Br2N2O3/c22-18-13-11-14(19(18)23)17-16(13)20(27)25(21(17)28)10-6-2-5-9-15(26)24-12-7-3-1-4-8-12/h1,3-4,7-8,13-14,16-19H,2,5-6,9-11H2,(H,24,26)/t13-,14+,16-,17-,18-,19+/m0/s1. The number of carbonyl (C=O) groups excluding carboxylic acids is 3. The third kappa shape index (κ3) is 3.56. The number of imide groups is 1. The quantitative estimate of drug-likeness (QED) is 0.342. The fourth-order valence-electron chi connectivity index (χ4n) is 5.11. The molecule has 1 aromatic rings. The van der Waals surface area contributed by atoms with Crippen LogP contribution in [0.3, 0.4) is 0 Å². The van der Waals surface area contributed by atoms with E-state index in [0.717, 1.165) is 31.4 Å². The molecule has 0 unspecified atom stereocenters. The lowest BCUT2D eigenvalue weighted by atomic mass is 9.81. The van der Waals surface area contributed by atoms with Crippen LogP contribution in [0.2, 0.25) is 0 Å². The number of hydrogen-bond acceptors (Lipinski definition) is 3. The van der Waals surface area contributed by atoms with Gasteiger partial charge in [-0.05, 0) is 43.2 Å². The number of alkyl halides is 2. The minimum absolute atomic E-state index is 0.00245. The van der Waals surface area contributed by atoms with Crippen molar-refractivity contribution in [1.29, 1.82) is 0 Å². The number of likely N-dealkylation sites (tertiary alicyclic amines) is 1. The van der Waals surface area contributed by atoms with Crippen LogP contribution in [0.15, 0.2) is 30.3 Å². The van der Waals surface area contributed by atoms with Gasteiger partial charge in [0.2, 0.25) is 17.7 Å². The number of amides is 3. The number of nitrogens with zero attached hydrogens (tertiary/aromatic N) is 1. The highest BCUT2D eigenvalue weighted by atomic mass is 79.9. The van der Waals surface area contributed by atoms with Gasteiger partial charge >= 0.3 is 0 Å². The van der Waals surface area contributed by atoms with E-state index in [1.165, 1.54) is 4.90 Å². The smallest absolute Gasteiger partial charge is 0.233 e. The van der Waals surface area contributed by atoms with E-state index in [2.05, 4.69) is 37.2 Å². The first-order valence-electron chi connectivity index (χ1n) is 9.97. The Balaban J connectivity index is 1.21. The Kier molecular flexibility index (Phi) is 5.93. The summed E-state index contributed by atoms with van der Waals surface area (Å²) in [6, 6.07) is 9.41. The van der Waals surface area contributed by atoms with E-state index >= 15 is 0 Å². The van der Waals surface area contributed by atoms with Crippen molar-refractivity contribution in [3.8, 4) is 0 Å². The van der Waals surface area contributed by atoms with Crippen molar-refractivity contribution in [2.75, 3.05) is 11.9 Å². The van der Waals surface area contributed by atoms with Crippen LogP contribution in [-0.4, -0.2) is 38.8 Å². The van der Waals surface area contributed by atoms with E-state index in [1.54, 1.807) is 0 Å². The van der Waals surface area contributed by atoms with Gasteiger partial charge in [-0.25, -0.2) is 0 Å². The number of halogens is 2. The van der Waals surface area contributed by atoms with Crippen molar-refractivity contribution in [1.82, 2.24) is 4.90 Å². The van der Waals surface area contributed by atoms with Crippen LogP contribution in [0.25, 0.3) is 0 Å². The molecule has 150 valence electrons. The van der Waals surface area contributed by atoms with E-state index in [-0.39, 0.29) is 51.0 Å². The maximum absolute atomic E-state index is 12.8. The van der Waals surface area contributed by atoms with Gasteiger partial charge in [-0.1, -0.05) is 56.5 Å². The van der Waals surface area contributed by atoms with Crippen LogP contribution < -0.4 is 5.32 Å². The van der Waals surface area contributed by atoms with Crippen LogP contribution in [0.4, 0.5) is 5.69 Å². The molecule has 1 aromatic carbocycles. The molecule has 5 nitrogen and oxygen atoms in total.